The molecule has 6 nitrogen and oxygen atoms in total. The summed E-state index contributed by atoms with van der Waals surface area (Å²) in [6.07, 6.45) is 0.873. The molecule has 1 aromatic carbocycles. The van der Waals surface area contributed by atoms with Gasteiger partial charge in [0.2, 0.25) is 10.0 Å². The van der Waals surface area contributed by atoms with Crippen molar-refractivity contribution in [1.29, 1.82) is 0 Å². The van der Waals surface area contributed by atoms with Gasteiger partial charge >= 0.3 is 0 Å². The molecular weight excluding hydrogens is 346 g/mol. The van der Waals surface area contributed by atoms with Crippen LogP contribution in [-0.4, -0.2) is 54.7 Å². The van der Waals surface area contributed by atoms with E-state index in [9.17, 15) is 13.2 Å². The molecule has 0 aliphatic carbocycles. The van der Waals surface area contributed by atoms with Gasteiger partial charge in [-0.1, -0.05) is 19.1 Å². The lowest BCUT2D eigenvalue weighted by atomic mass is 10.2. The predicted octanol–water partition coefficient (Wildman–Crippen LogP) is 1.85. The first-order valence-electron chi connectivity index (χ1n) is 7.79. The lowest BCUT2D eigenvalue weighted by Crippen LogP contribution is -2.50. The number of carbonyl (C=O) groups excluding carboxylic acids is 1. The Balaban J connectivity index is 1.68. The minimum absolute atomic E-state index is 0.138. The van der Waals surface area contributed by atoms with Crippen molar-refractivity contribution in [2.24, 2.45) is 0 Å². The highest BCUT2D eigenvalue weighted by atomic mass is 32.2. The fraction of sp³-hybridized carbons (Fsp3) is 0.375. The molecule has 0 saturated carbocycles. The minimum atomic E-state index is -3.51. The molecule has 1 fully saturated rings. The minimum Gasteiger partial charge on any atom is -0.335 e. The SMILES string of the molecule is CCc1ccc(S(=O)(=O)N2CCN(C(=O)c3cscn3)CC2)cc1. The molecule has 0 bridgehead atoms. The molecule has 1 saturated heterocycles. The lowest BCUT2D eigenvalue weighted by Gasteiger charge is -2.33. The first-order valence-corrected chi connectivity index (χ1v) is 10.2. The highest BCUT2D eigenvalue weighted by Crippen LogP contribution is 2.19. The molecule has 0 unspecified atom stereocenters. The van der Waals surface area contributed by atoms with Crippen LogP contribution in [0.5, 0.6) is 0 Å². The Morgan fingerprint density at radius 2 is 1.83 bits per heavy atom. The van der Waals surface area contributed by atoms with Gasteiger partial charge in [0, 0.05) is 31.6 Å². The highest BCUT2D eigenvalue weighted by molar-refractivity contribution is 7.89. The Bertz CT molecular complexity index is 794. The smallest absolute Gasteiger partial charge is 0.273 e. The zero-order chi connectivity index (χ0) is 17.2. The standard InChI is InChI=1S/C16H19N3O3S2/c1-2-13-3-5-14(6-4-13)24(21,22)19-9-7-18(8-10-19)16(20)15-11-23-12-17-15/h3-6,11-12H,2,7-10H2,1H3. The summed E-state index contributed by atoms with van der Waals surface area (Å²) >= 11 is 1.37. The van der Waals surface area contributed by atoms with Crippen LogP contribution in [-0.2, 0) is 16.4 Å². The quantitative estimate of drug-likeness (QED) is 0.829. The molecule has 1 aliphatic rings. The van der Waals surface area contributed by atoms with Gasteiger partial charge in [-0.2, -0.15) is 4.31 Å². The molecule has 1 aliphatic heterocycles. The van der Waals surface area contributed by atoms with Crippen LogP contribution >= 0.6 is 11.3 Å². The third-order valence-electron chi connectivity index (χ3n) is 4.15. The normalized spacial score (nSPS) is 16.3. The van der Waals surface area contributed by atoms with Crippen molar-refractivity contribution in [2.45, 2.75) is 18.2 Å². The van der Waals surface area contributed by atoms with Crippen LogP contribution in [0.15, 0.2) is 40.1 Å². The van der Waals surface area contributed by atoms with E-state index in [2.05, 4.69) is 4.98 Å². The van der Waals surface area contributed by atoms with E-state index < -0.39 is 10.0 Å². The molecular formula is C16H19N3O3S2. The third-order valence-corrected chi connectivity index (χ3v) is 6.65. The van der Waals surface area contributed by atoms with Crippen molar-refractivity contribution in [3.8, 4) is 0 Å². The van der Waals surface area contributed by atoms with Crippen molar-refractivity contribution in [3.05, 3.63) is 46.4 Å². The third kappa shape index (κ3) is 3.35. The van der Waals surface area contributed by atoms with Gasteiger partial charge in [0.05, 0.1) is 10.4 Å². The Kier molecular flexibility index (Phi) is 4.98. The number of piperazine rings is 1. The molecule has 2 heterocycles. The van der Waals surface area contributed by atoms with Crippen molar-refractivity contribution < 1.29 is 13.2 Å². The summed E-state index contributed by atoms with van der Waals surface area (Å²) in [4.78, 5) is 18.2. The van der Waals surface area contributed by atoms with Gasteiger partial charge in [-0.05, 0) is 24.1 Å². The van der Waals surface area contributed by atoms with Crippen LogP contribution in [0.4, 0.5) is 0 Å². The molecule has 8 heteroatoms. The van der Waals surface area contributed by atoms with Crippen LogP contribution in [0.1, 0.15) is 23.0 Å². The summed E-state index contributed by atoms with van der Waals surface area (Å²) in [6, 6.07) is 6.99. The van der Waals surface area contributed by atoms with Crippen LogP contribution < -0.4 is 0 Å². The number of hydrogen-bond acceptors (Lipinski definition) is 5. The van der Waals surface area contributed by atoms with Crippen LogP contribution in [0, 0.1) is 0 Å². The molecule has 24 heavy (non-hydrogen) atoms. The van der Waals surface area contributed by atoms with Gasteiger partial charge in [-0.15, -0.1) is 11.3 Å². The Morgan fingerprint density at radius 3 is 2.38 bits per heavy atom. The summed E-state index contributed by atoms with van der Waals surface area (Å²) in [5, 5.41) is 1.71. The molecule has 0 radical (unpaired) electrons. The van der Waals surface area contributed by atoms with Crippen molar-refractivity contribution >= 4 is 27.3 Å². The number of carbonyl (C=O) groups is 1. The topological polar surface area (TPSA) is 70.6 Å². The van der Waals surface area contributed by atoms with E-state index in [1.165, 1.54) is 15.6 Å². The van der Waals surface area contributed by atoms with Crippen molar-refractivity contribution in [3.63, 3.8) is 0 Å². The van der Waals surface area contributed by atoms with Gasteiger partial charge in [-0.3, -0.25) is 4.79 Å². The van der Waals surface area contributed by atoms with E-state index in [0.29, 0.717) is 36.8 Å². The summed E-state index contributed by atoms with van der Waals surface area (Å²) in [6.45, 7) is 3.38. The van der Waals surface area contributed by atoms with Crippen molar-refractivity contribution in [2.75, 3.05) is 26.2 Å². The van der Waals surface area contributed by atoms with E-state index >= 15 is 0 Å². The molecule has 0 atom stereocenters. The van der Waals surface area contributed by atoms with E-state index in [1.807, 2.05) is 19.1 Å². The first-order chi connectivity index (χ1) is 11.5. The average molecular weight is 365 g/mol. The van der Waals surface area contributed by atoms with Gasteiger partial charge < -0.3 is 4.90 Å². The lowest BCUT2D eigenvalue weighted by molar-refractivity contribution is 0.0693. The number of benzene rings is 1. The Morgan fingerprint density at radius 1 is 1.17 bits per heavy atom. The number of aromatic nitrogens is 1. The van der Waals surface area contributed by atoms with E-state index in [4.69, 9.17) is 0 Å². The molecule has 1 amide bonds. The summed E-state index contributed by atoms with van der Waals surface area (Å²) in [5.74, 6) is -0.138. The fourth-order valence-electron chi connectivity index (χ4n) is 2.66. The molecule has 2 aromatic rings. The molecule has 0 N–H and O–H groups in total. The summed E-state index contributed by atoms with van der Waals surface area (Å²) < 4.78 is 26.9. The van der Waals surface area contributed by atoms with Gasteiger partial charge in [-0.25, -0.2) is 13.4 Å². The van der Waals surface area contributed by atoms with Crippen LogP contribution in [0.3, 0.4) is 0 Å². The van der Waals surface area contributed by atoms with E-state index in [-0.39, 0.29) is 5.91 Å². The monoisotopic (exact) mass is 365 g/mol. The highest BCUT2D eigenvalue weighted by Gasteiger charge is 2.30. The first kappa shape index (κ1) is 17.1. The van der Waals surface area contributed by atoms with Gasteiger partial charge in [0.15, 0.2) is 0 Å². The summed E-state index contributed by atoms with van der Waals surface area (Å²) in [7, 11) is -3.51. The van der Waals surface area contributed by atoms with E-state index in [0.717, 1.165) is 12.0 Å². The number of rotatable bonds is 4. The van der Waals surface area contributed by atoms with Crippen LogP contribution in [0.25, 0.3) is 0 Å². The second kappa shape index (κ2) is 7.00. The zero-order valence-corrected chi connectivity index (χ0v) is 15.0. The maximum absolute atomic E-state index is 12.7. The second-order valence-electron chi connectivity index (χ2n) is 5.57. The second-order valence-corrected chi connectivity index (χ2v) is 8.22. The number of thiazole rings is 1. The number of aryl methyl sites for hydroxylation is 1. The largest absolute Gasteiger partial charge is 0.335 e. The van der Waals surface area contributed by atoms with Crippen molar-refractivity contribution in [1.82, 2.24) is 14.2 Å². The maximum atomic E-state index is 12.7. The Labute approximate surface area is 145 Å². The molecule has 0 spiro atoms. The van der Waals surface area contributed by atoms with Crippen LogP contribution in [0.2, 0.25) is 0 Å². The number of sulfonamides is 1. The maximum Gasteiger partial charge on any atom is 0.273 e. The van der Waals surface area contributed by atoms with Gasteiger partial charge in [0.1, 0.15) is 5.69 Å². The fourth-order valence-corrected chi connectivity index (χ4v) is 4.61. The molecule has 3 rings (SSSR count). The number of hydrogen-bond donors (Lipinski definition) is 0. The average Bonchev–Trinajstić information content (AvgIpc) is 3.16. The number of nitrogens with zero attached hydrogens (tertiary/aromatic N) is 3. The van der Waals surface area contributed by atoms with Gasteiger partial charge in [0.25, 0.3) is 5.91 Å². The molecule has 128 valence electrons. The van der Waals surface area contributed by atoms with E-state index in [1.54, 1.807) is 27.9 Å². The Hall–Kier alpha value is -1.77. The summed E-state index contributed by atoms with van der Waals surface area (Å²) in [5.41, 5.74) is 3.15. The predicted molar refractivity (Wildman–Crippen MR) is 92.6 cm³/mol. The number of amides is 1. The zero-order valence-electron chi connectivity index (χ0n) is 13.4. The molecule has 1 aromatic heterocycles.